The van der Waals surface area contributed by atoms with Crippen molar-refractivity contribution < 1.29 is 14.0 Å². The van der Waals surface area contributed by atoms with E-state index < -0.39 is 0 Å². The Morgan fingerprint density at radius 1 is 1.28 bits per heavy atom. The second kappa shape index (κ2) is 7.01. The van der Waals surface area contributed by atoms with Crippen molar-refractivity contribution in [2.75, 3.05) is 12.4 Å². The van der Waals surface area contributed by atoms with Crippen molar-refractivity contribution in [3.05, 3.63) is 53.5 Å². The number of nitrogens with zero attached hydrogens (tertiary/aromatic N) is 1. The van der Waals surface area contributed by atoms with Gasteiger partial charge >= 0.3 is 6.03 Å². The van der Waals surface area contributed by atoms with E-state index in [4.69, 9.17) is 4.42 Å². The number of amides is 3. The fourth-order valence-electron chi connectivity index (χ4n) is 2.95. The molecule has 1 aliphatic rings. The van der Waals surface area contributed by atoms with Crippen LogP contribution in [0.15, 0.2) is 41.0 Å². The molecule has 1 aliphatic carbocycles. The third-order valence-corrected chi connectivity index (χ3v) is 4.50. The van der Waals surface area contributed by atoms with Gasteiger partial charge in [0, 0.05) is 24.3 Å². The van der Waals surface area contributed by atoms with Gasteiger partial charge in [0.1, 0.15) is 5.76 Å². The first-order valence-electron chi connectivity index (χ1n) is 8.46. The Balaban J connectivity index is 1.77. The zero-order valence-corrected chi connectivity index (χ0v) is 14.7. The van der Waals surface area contributed by atoms with Gasteiger partial charge in [-0.25, -0.2) is 4.79 Å². The molecule has 1 atom stereocenters. The van der Waals surface area contributed by atoms with Crippen LogP contribution in [0.1, 0.15) is 47.5 Å². The van der Waals surface area contributed by atoms with Gasteiger partial charge in [-0.3, -0.25) is 4.79 Å². The molecule has 3 rings (SSSR count). The van der Waals surface area contributed by atoms with Crippen LogP contribution in [0.2, 0.25) is 0 Å². The smallest absolute Gasteiger partial charge is 0.322 e. The molecule has 25 heavy (non-hydrogen) atoms. The minimum atomic E-state index is -0.151. The normalized spacial score (nSPS) is 14.7. The van der Waals surface area contributed by atoms with Crippen LogP contribution >= 0.6 is 0 Å². The highest BCUT2D eigenvalue weighted by molar-refractivity contribution is 5.96. The molecule has 0 unspecified atom stereocenters. The highest BCUT2D eigenvalue weighted by Crippen LogP contribution is 2.35. The Morgan fingerprint density at radius 3 is 2.60 bits per heavy atom. The average molecular weight is 341 g/mol. The summed E-state index contributed by atoms with van der Waals surface area (Å²) in [7, 11) is 1.59. The van der Waals surface area contributed by atoms with Gasteiger partial charge < -0.3 is 20.0 Å². The van der Waals surface area contributed by atoms with Gasteiger partial charge in [0.15, 0.2) is 0 Å². The molecular weight excluding hydrogens is 318 g/mol. The number of furan rings is 1. The van der Waals surface area contributed by atoms with E-state index in [9.17, 15) is 9.59 Å². The van der Waals surface area contributed by atoms with Crippen molar-refractivity contribution in [1.82, 2.24) is 10.2 Å². The fraction of sp³-hybridized carbons (Fsp3) is 0.368. The SMILES string of the molecule is CNC(=O)c1ccc(NC(=O)N(C2CC2)[C@H](C)c2ccco2)c(C)c1. The maximum absolute atomic E-state index is 12.9. The zero-order valence-electron chi connectivity index (χ0n) is 14.7. The molecule has 0 spiro atoms. The average Bonchev–Trinajstić information content (AvgIpc) is 3.27. The molecule has 1 aromatic carbocycles. The maximum atomic E-state index is 12.9. The maximum Gasteiger partial charge on any atom is 0.322 e. The number of urea groups is 1. The van der Waals surface area contributed by atoms with E-state index >= 15 is 0 Å². The minimum absolute atomic E-state index is 0.132. The van der Waals surface area contributed by atoms with Crippen LogP contribution in [0.3, 0.4) is 0 Å². The number of hydrogen-bond acceptors (Lipinski definition) is 3. The van der Waals surface area contributed by atoms with Crippen molar-refractivity contribution in [1.29, 1.82) is 0 Å². The van der Waals surface area contributed by atoms with Gasteiger partial charge in [0.25, 0.3) is 5.91 Å². The second-order valence-corrected chi connectivity index (χ2v) is 6.37. The first-order chi connectivity index (χ1) is 12.0. The Morgan fingerprint density at radius 2 is 2.04 bits per heavy atom. The van der Waals surface area contributed by atoms with E-state index in [1.165, 1.54) is 0 Å². The lowest BCUT2D eigenvalue weighted by Crippen LogP contribution is -2.38. The lowest BCUT2D eigenvalue weighted by molar-refractivity contribution is 0.0963. The van der Waals surface area contributed by atoms with Crippen molar-refractivity contribution in [2.45, 2.75) is 38.8 Å². The van der Waals surface area contributed by atoms with Crippen LogP contribution in [-0.4, -0.2) is 29.9 Å². The number of nitrogens with one attached hydrogen (secondary N) is 2. The van der Waals surface area contributed by atoms with E-state index in [-0.39, 0.29) is 24.0 Å². The summed E-state index contributed by atoms with van der Waals surface area (Å²) in [4.78, 5) is 26.4. The molecule has 2 N–H and O–H groups in total. The van der Waals surface area contributed by atoms with Crippen molar-refractivity contribution >= 4 is 17.6 Å². The highest BCUT2D eigenvalue weighted by Gasteiger charge is 2.37. The molecule has 3 amide bonds. The van der Waals surface area contributed by atoms with Gasteiger partial charge in [-0.05, 0) is 62.6 Å². The van der Waals surface area contributed by atoms with Crippen LogP contribution < -0.4 is 10.6 Å². The van der Waals surface area contributed by atoms with Crippen molar-refractivity contribution in [2.24, 2.45) is 0 Å². The van der Waals surface area contributed by atoms with Crippen molar-refractivity contribution in [3.63, 3.8) is 0 Å². The van der Waals surface area contributed by atoms with Gasteiger partial charge in [-0.1, -0.05) is 0 Å². The predicted octanol–water partition coefficient (Wildman–Crippen LogP) is 3.71. The monoisotopic (exact) mass is 341 g/mol. The number of rotatable bonds is 5. The molecule has 0 radical (unpaired) electrons. The zero-order chi connectivity index (χ0) is 18.0. The summed E-state index contributed by atoms with van der Waals surface area (Å²) < 4.78 is 5.47. The third-order valence-electron chi connectivity index (χ3n) is 4.50. The van der Waals surface area contributed by atoms with Crippen LogP contribution in [-0.2, 0) is 0 Å². The standard InChI is InChI=1S/C19H23N3O3/c1-12-11-14(18(23)20-3)6-9-16(12)21-19(24)22(15-7-8-15)13(2)17-5-4-10-25-17/h4-6,9-11,13,15H,7-8H2,1-3H3,(H,20,23)(H,21,24)/t13-/m1/s1. The van der Waals surface area contributed by atoms with Crippen molar-refractivity contribution in [3.8, 4) is 0 Å². The van der Waals surface area contributed by atoms with Crippen LogP contribution in [0.25, 0.3) is 0 Å². The summed E-state index contributed by atoms with van der Waals surface area (Å²) in [6.45, 7) is 3.84. The second-order valence-electron chi connectivity index (χ2n) is 6.37. The Bertz CT molecular complexity index is 766. The predicted molar refractivity (Wildman–Crippen MR) is 95.6 cm³/mol. The summed E-state index contributed by atoms with van der Waals surface area (Å²) in [5, 5.41) is 5.57. The summed E-state index contributed by atoms with van der Waals surface area (Å²) in [5.41, 5.74) is 2.12. The number of aryl methyl sites for hydroxylation is 1. The first kappa shape index (κ1) is 17.1. The van der Waals surface area contributed by atoms with Crippen LogP contribution in [0, 0.1) is 6.92 Å². The Labute approximate surface area is 147 Å². The number of carbonyl (C=O) groups excluding carboxylic acids is 2. The van der Waals surface area contributed by atoms with Gasteiger partial charge in [0.2, 0.25) is 0 Å². The molecule has 6 heteroatoms. The largest absolute Gasteiger partial charge is 0.467 e. The lowest BCUT2D eigenvalue weighted by Gasteiger charge is -2.28. The molecular formula is C19H23N3O3. The molecule has 132 valence electrons. The molecule has 1 saturated carbocycles. The van der Waals surface area contributed by atoms with Gasteiger partial charge in [0.05, 0.1) is 12.3 Å². The molecule has 1 aromatic heterocycles. The fourth-order valence-corrected chi connectivity index (χ4v) is 2.95. The number of anilines is 1. The first-order valence-corrected chi connectivity index (χ1v) is 8.46. The summed E-state index contributed by atoms with van der Waals surface area (Å²) in [6, 6.07) is 8.92. The van der Waals surface area contributed by atoms with E-state index in [0.29, 0.717) is 11.3 Å². The molecule has 0 saturated heterocycles. The lowest BCUT2D eigenvalue weighted by atomic mass is 10.1. The Hall–Kier alpha value is -2.76. The molecule has 0 aliphatic heterocycles. The van der Waals surface area contributed by atoms with E-state index in [2.05, 4.69) is 10.6 Å². The molecule has 2 aromatic rings. The number of hydrogen-bond donors (Lipinski definition) is 2. The Kier molecular flexibility index (Phi) is 4.79. The van der Waals surface area contributed by atoms with Crippen LogP contribution in [0.5, 0.6) is 0 Å². The van der Waals surface area contributed by atoms with Crippen LogP contribution in [0.4, 0.5) is 10.5 Å². The highest BCUT2D eigenvalue weighted by atomic mass is 16.3. The van der Waals surface area contributed by atoms with E-state index in [1.54, 1.807) is 31.5 Å². The van der Waals surface area contributed by atoms with E-state index in [0.717, 1.165) is 24.2 Å². The molecule has 0 bridgehead atoms. The summed E-state index contributed by atoms with van der Waals surface area (Å²) in [6.07, 6.45) is 3.64. The molecule has 1 heterocycles. The van der Waals surface area contributed by atoms with E-state index in [1.807, 2.05) is 30.9 Å². The molecule has 1 fully saturated rings. The van der Waals surface area contributed by atoms with Gasteiger partial charge in [-0.2, -0.15) is 0 Å². The van der Waals surface area contributed by atoms with Gasteiger partial charge in [-0.15, -0.1) is 0 Å². The number of benzene rings is 1. The summed E-state index contributed by atoms with van der Waals surface area (Å²) >= 11 is 0. The summed E-state index contributed by atoms with van der Waals surface area (Å²) in [5.74, 6) is 0.626. The molecule has 6 nitrogen and oxygen atoms in total. The minimum Gasteiger partial charge on any atom is -0.467 e. The third kappa shape index (κ3) is 3.68. The number of carbonyl (C=O) groups is 2. The topological polar surface area (TPSA) is 74.6 Å². The quantitative estimate of drug-likeness (QED) is 0.870.